The standard InChI is InChI=1S/C24H30N2O3/c1-3-20-17-26(16-18-15-21(28-2)9-10-22(18)29-20)14-13-25-23(27)24(11-12-24)19-7-5-4-6-8-19/h4-10,15,20H,3,11-14,16-17H2,1-2H3,(H,25,27). The lowest BCUT2D eigenvalue weighted by atomic mass is 9.95. The van der Waals surface area contributed by atoms with Crippen LogP contribution in [0.4, 0.5) is 0 Å². The Hall–Kier alpha value is -2.53. The van der Waals surface area contributed by atoms with Crippen molar-refractivity contribution in [3.05, 3.63) is 59.7 Å². The summed E-state index contributed by atoms with van der Waals surface area (Å²) in [4.78, 5) is 15.2. The summed E-state index contributed by atoms with van der Waals surface area (Å²) in [6.45, 7) is 5.24. The third-order valence-electron chi connectivity index (χ3n) is 6.10. The predicted octanol–water partition coefficient (Wildman–Crippen LogP) is 3.52. The number of hydrogen-bond acceptors (Lipinski definition) is 4. The highest BCUT2D eigenvalue weighted by molar-refractivity contribution is 5.91. The zero-order chi connectivity index (χ0) is 20.3. The van der Waals surface area contributed by atoms with Crippen molar-refractivity contribution in [2.24, 2.45) is 0 Å². The van der Waals surface area contributed by atoms with Crippen molar-refractivity contribution >= 4 is 5.91 Å². The summed E-state index contributed by atoms with van der Waals surface area (Å²) in [5.41, 5.74) is 1.96. The lowest BCUT2D eigenvalue weighted by Gasteiger charge is -2.24. The molecule has 0 spiro atoms. The van der Waals surface area contributed by atoms with Crippen LogP contribution in [0, 0.1) is 0 Å². The summed E-state index contributed by atoms with van der Waals surface area (Å²) < 4.78 is 11.6. The molecule has 1 heterocycles. The van der Waals surface area contributed by atoms with E-state index >= 15 is 0 Å². The summed E-state index contributed by atoms with van der Waals surface area (Å²) in [7, 11) is 1.68. The van der Waals surface area contributed by atoms with Gasteiger partial charge in [0.15, 0.2) is 0 Å². The van der Waals surface area contributed by atoms with Gasteiger partial charge in [-0.2, -0.15) is 0 Å². The van der Waals surface area contributed by atoms with Crippen molar-refractivity contribution in [2.75, 3.05) is 26.7 Å². The van der Waals surface area contributed by atoms with E-state index in [0.717, 1.165) is 61.5 Å². The molecule has 4 rings (SSSR count). The van der Waals surface area contributed by atoms with Crippen molar-refractivity contribution in [3.63, 3.8) is 0 Å². The van der Waals surface area contributed by atoms with E-state index in [-0.39, 0.29) is 17.4 Å². The second-order valence-electron chi connectivity index (χ2n) is 8.06. The Morgan fingerprint density at radius 3 is 2.72 bits per heavy atom. The molecule has 1 fully saturated rings. The fourth-order valence-corrected chi connectivity index (χ4v) is 4.14. The van der Waals surface area contributed by atoms with Crippen LogP contribution in [0.3, 0.4) is 0 Å². The van der Waals surface area contributed by atoms with E-state index in [4.69, 9.17) is 9.47 Å². The number of hydrogen-bond donors (Lipinski definition) is 1. The number of carbonyl (C=O) groups excluding carboxylic acids is 1. The van der Waals surface area contributed by atoms with Crippen LogP contribution in [-0.4, -0.2) is 43.7 Å². The average Bonchev–Trinajstić information content (AvgIpc) is 3.58. The Morgan fingerprint density at radius 1 is 1.24 bits per heavy atom. The van der Waals surface area contributed by atoms with Gasteiger partial charge in [-0.15, -0.1) is 0 Å². The second kappa shape index (κ2) is 8.46. The fraction of sp³-hybridized carbons (Fsp3) is 0.458. The smallest absolute Gasteiger partial charge is 0.230 e. The van der Waals surface area contributed by atoms with E-state index in [1.54, 1.807) is 7.11 Å². The quantitative estimate of drug-likeness (QED) is 0.781. The third kappa shape index (κ3) is 4.25. The van der Waals surface area contributed by atoms with Crippen LogP contribution >= 0.6 is 0 Å². The summed E-state index contributed by atoms with van der Waals surface area (Å²) >= 11 is 0. The molecule has 154 valence electrons. The van der Waals surface area contributed by atoms with Gasteiger partial charge in [0.2, 0.25) is 5.91 Å². The SMILES string of the molecule is CCC1CN(CCNC(=O)C2(c3ccccc3)CC2)Cc2cc(OC)ccc2O1. The second-order valence-corrected chi connectivity index (χ2v) is 8.06. The van der Waals surface area contributed by atoms with Gasteiger partial charge in [0.05, 0.1) is 12.5 Å². The molecule has 0 aromatic heterocycles. The first-order chi connectivity index (χ1) is 14.1. The Bertz CT molecular complexity index is 848. The Labute approximate surface area is 173 Å². The molecule has 1 N–H and O–H groups in total. The maximum absolute atomic E-state index is 12.9. The van der Waals surface area contributed by atoms with Crippen molar-refractivity contribution in [2.45, 2.75) is 44.2 Å². The van der Waals surface area contributed by atoms with Crippen LogP contribution in [0.5, 0.6) is 11.5 Å². The molecule has 29 heavy (non-hydrogen) atoms. The Morgan fingerprint density at radius 2 is 2.03 bits per heavy atom. The summed E-state index contributed by atoms with van der Waals surface area (Å²) in [5.74, 6) is 1.93. The highest BCUT2D eigenvalue weighted by atomic mass is 16.5. The molecule has 5 nitrogen and oxygen atoms in total. The van der Waals surface area contributed by atoms with Gasteiger partial charge in [0, 0.05) is 31.7 Å². The van der Waals surface area contributed by atoms with Gasteiger partial charge < -0.3 is 14.8 Å². The van der Waals surface area contributed by atoms with Crippen molar-refractivity contribution < 1.29 is 14.3 Å². The molecule has 0 bridgehead atoms. The molecular weight excluding hydrogens is 364 g/mol. The molecule has 2 aliphatic rings. The van der Waals surface area contributed by atoms with Crippen LogP contribution in [-0.2, 0) is 16.8 Å². The monoisotopic (exact) mass is 394 g/mol. The Kier molecular flexibility index (Phi) is 5.76. The minimum absolute atomic E-state index is 0.152. The summed E-state index contributed by atoms with van der Waals surface area (Å²) in [5, 5.41) is 3.18. The summed E-state index contributed by atoms with van der Waals surface area (Å²) in [6, 6.07) is 16.1. The van der Waals surface area contributed by atoms with E-state index in [9.17, 15) is 4.79 Å². The highest BCUT2D eigenvalue weighted by Crippen LogP contribution is 2.48. The number of methoxy groups -OCH3 is 1. The molecule has 2 aromatic carbocycles. The normalized spacial score (nSPS) is 20.1. The van der Waals surface area contributed by atoms with Crippen LogP contribution < -0.4 is 14.8 Å². The predicted molar refractivity (Wildman–Crippen MR) is 113 cm³/mol. The van der Waals surface area contributed by atoms with Crippen molar-refractivity contribution in [1.29, 1.82) is 0 Å². The lowest BCUT2D eigenvalue weighted by molar-refractivity contribution is -0.123. The van der Waals surface area contributed by atoms with Crippen LogP contribution in [0.15, 0.2) is 48.5 Å². The van der Waals surface area contributed by atoms with Gasteiger partial charge in [-0.3, -0.25) is 9.69 Å². The molecular formula is C24H30N2O3. The van der Waals surface area contributed by atoms with Gasteiger partial charge in [-0.1, -0.05) is 37.3 Å². The topological polar surface area (TPSA) is 50.8 Å². The number of benzene rings is 2. The molecule has 1 aliphatic carbocycles. The van der Waals surface area contributed by atoms with Crippen molar-refractivity contribution in [1.82, 2.24) is 10.2 Å². The fourth-order valence-electron chi connectivity index (χ4n) is 4.14. The van der Waals surface area contributed by atoms with Gasteiger partial charge >= 0.3 is 0 Å². The zero-order valence-electron chi connectivity index (χ0n) is 17.3. The van der Waals surface area contributed by atoms with Gasteiger partial charge in [0.1, 0.15) is 17.6 Å². The average molecular weight is 395 g/mol. The summed E-state index contributed by atoms with van der Waals surface area (Å²) in [6.07, 6.45) is 2.97. The van der Waals surface area contributed by atoms with Crippen LogP contribution in [0.25, 0.3) is 0 Å². The molecule has 1 unspecified atom stereocenters. The molecule has 1 atom stereocenters. The minimum Gasteiger partial charge on any atom is -0.497 e. The van der Waals surface area contributed by atoms with E-state index in [1.165, 1.54) is 0 Å². The van der Waals surface area contributed by atoms with Crippen molar-refractivity contribution in [3.8, 4) is 11.5 Å². The molecule has 5 heteroatoms. The number of rotatable bonds is 7. The van der Waals surface area contributed by atoms with E-state index in [0.29, 0.717) is 6.54 Å². The lowest BCUT2D eigenvalue weighted by Crippen LogP contribution is -2.41. The number of ether oxygens (including phenoxy) is 2. The molecule has 1 aliphatic heterocycles. The Balaban J connectivity index is 1.38. The number of carbonyl (C=O) groups is 1. The first-order valence-corrected chi connectivity index (χ1v) is 10.5. The first kappa shape index (κ1) is 19.8. The van der Waals surface area contributed by atoms with Gasteiger partial charge in [-0.25, -0.2) is 0 Å². The van der Waals surface area contributed by atoms with Gasteiger partial charge in [-0.05, 0) is 43.0 Å². The van der Waals surface area contributed by atoms with Gasteiger partial charge in [0.25, 0.3) is 0 Å². The first-order valence-electron chi connectivity index (χ1n) is 10.5. The number of amides is 1. The maximum atomic E-state index is 12.9. The van der Waals surface area contributed by atoms with Crippen LogP contribution in [0.1, 0.15) is 37.3 Å². The van der Waals surface area contributed by atoms with Crippen LogP contribution in [0.2, 0.25) is 0 Å². The molecule has 1 amide bonds. The number of nitrogens with one attached hydrogen (secondary N) is 1. The number of nitrogens with zero attached hydrogens (tertiary/aromatic N) is 1. The number of fused-ring (bicyclic) bond motifs is 1. The third-order valence-corrected chi connectivity index (χ3v) is 6.10. The zero-order valence-corrected chi connectivity index (χ0v) is 17.3. The molecule has 0 saturated heterocycles. The molecule has 0 radical (unpaired) electrons. The largest absolute Gasteiger partial charge is 0.497 e. The highest BCUT2D eigenvalue weighted by Gasteiger charge is 2.50. The van der Waals surface area contributed by atoms with E-state index < -0.39 is 0 Å². The maximum Gasteiger partial charge on any atom is 0.230 e. The van der Waals surface area contributed by atoms with E-state index in [1.807, 2.05) is 36.4 Å². The molecule has 2 aromatic rings. The van der Waals surface area contributed by atoms with E-state index in [2.05, 4.69) is 29.3 Å². The minimum atomic E-state index is -0.310. The molecule has 1 saturated carbocycles.